The summed E-state index contributed by atoms with van der Waals surface area (Å²) < 4.78 is 8.30. The van der Waals surface area contributed by atoms with Crippen LogP contribution in [0.1, 0.15) is 27.2 Å². The number of amides is 1. The quantitative estimate of drug-likeness (QED) is 0.296. The first-order valence-electron chi connectivity index (χ1n) is 11.4. The molecule has 0 saturated heterocycles. The van der Waals surface area contributed by atoms with Gasteiger partial charge in [0.1, 0.15) is 5.75 Å². The van der Waals surface area contributed by atoms with E-state index >= 15 is 0 Å². The first-order valence-corrected chi connectivity index (χ1v) is 11.4. The van der Waals surface area contributed by atoms with Gasteiger partial charge in [-0.15, -0.1) is 0 Å². The van der Waals surface area contributed by atoms with Crippen molar-refractivity contribution in [1.82, 2.24) is 4.57 Å². The molecule has 5 rings (SSSR count). The van der Waals surface area contributed by atoms with Gasteiger partial charge in [0.05, 0.1) is 5.69 Å². The lowest BCUT2D eigenvalue weighted by Crippen LogP contribution is -2.12. The molecule has 1 amide bonds. The standard InChI is InChI=1S/C30H26N2O2/c1-21-22(2)32(20-23-11-5-3-6-12-23)28-18-17-24(19-26(21)28)30(33)31-27-15-9-10-16-29(27)34-25-13-7-4-8-14-25/h3-19H,20H2,1-2H3,(H,31,33). The van der Waals surface area contributed by atoms with Gasteiger partial charge in [-0.3, -0.25) is 4.79 Å². The van der Waals surface area contributed by atoms with Crippen molar-refractivity contribution < 1.29 is 9.53 Å². The van der Waals surface area contributed by atoms with Crippen molar-refractivity contribution in [2.75, 3.05) is 5.32 Å². The molecule has 1 N–H and O–H groups in total. The Hall–Kier alpha value is -4.31. The summed E-state index contributed by atoms with van der Waals surface area (Å²) in [6, 6.07) is 33.4. The minimum Gasteiger partial charge on any atom is -0.455 e. The summed E-state index contributed by atoms with van der Waals surface area (Å²) in [6.45, 7) is 5.05. The largest absolute Gasteiger partial charge is 0.455 e. The molecule has 168 valence electrons. The number of aromatic nitrogens is 1. The number of para-hydroxylation sites is 3. The molecule has 0 saturated carbocycles. The van der Waals surface area contributed by atoms with Crippen LogP contribution in [0.15, 0.2) is 103 Å². The van der Waals surface area contributed by atoms with Crippen LogP contribution in [0.5, 0.6) is 11.5 Å². The van der Waals surface area contributed by atoms with E-state index in [4.69, 9.17) is 4.74 Å². The number of benzene rings is 4. The topological polar surface area (TPSA) is 43.3 Å². The van der Waals surface area contributed by atoms with E-state index in [1.807, 2.05) is 78.9 Å². The predicted octanol–water partition coefficient (Wildman–Crippen LogP) is 7.35. The zero-order valence-electron chi connectivity index (χ0n) is 19.3. The maximum Gasteiger partial charge on any atom is 0.255 e. The predicted molar refractivity (Wildman–Crippen MR) is 138 cm³/mol. The fourth-order valence-electron chi connectivity index (χ4n) is 4.23. The summed E-state index contributed by atoms with van der Waals surface area (Å²) in [7, 11) is 0. The smallest absolute Gasteiger partial charge is 0.255 e. The highest BCUT2D eigenvalue weighted by molar-refractivity contribution is 6.07. The molecule has 0 fully saturated rings. The van der Waals surface area contributed by atoms with Gasteiger partial charge in [0.15, 0.2) is 5.75 Å². The number of carbonyl (C=O) groups is 1. The molecule has 4 nitrogen and oxygen atoms in total. The molecule has 5 aromatic rings. The van der Waals surface area contributed by atoms with E-state index in [1.54, 1.807) is 0 Å². The van der Waals surface area contributed by atoms with Gasteiger partial charge in [0, 0.05) is 28.7 Å². The Labute approximate surface area is 199 Å². The molecule has 4 aromatic carbocycles. The fourth-order valence-corrected chi connectivity index (χ4v) is 4.23. The molecular formula is C30H26N2O2. The fraction of sp³-hybridized carbons (Fsp3) is 0.100. The van der Waals surface area contributed by atoms with Crippen molar-refractivity contribution in [2.24, 2.45) is 0 Å². The maximum absolute atomic E-state index is 13.2. The van der Waals surface area contributed by atoms with Gasteiger partial charge in [-0.05, 0) is 67.4 Å². The van der Waals surface area contributed by atoms with Crippen LogP contribution in [0.2, 0.25) is 0 Å². The van der Waals surface area contributed by atoms with E-state index in [9.17, 15) is 4.79 Å². The molecule has 1 heterocycles. The van der Waals surface area contributed by atoms with Gasteiger partial charge in [0.25, 0.3) is 5.91 Å². The monoisotopic (exact) mass is 446 g/mol. The Morgan fingerprint density at radius 1 is 0.824 bits per heavy atom. The number of rotatable bonds is 6. The number of fused-ring (bicyclic) bond motifs is 1. The van der Waals surface area contributed by atoms with Gasteiger partial charge >= 0.3 is 0 Å². The van der Waals surface area contributed by atoms with Crippen LogP contribution in [0, 0.1) is 13.8 Å². The minimum atomic E-state index is -0.168. The molecule has 34 heavy (non-hydrogen) atoms. The van der Waals surface area contributed by atoms with Crippen molar-refractivity contribution in [2.45, 2.75) is 20.4 Å². The lowest BCUT2D eigenvalue weighted by atomic mass is 10.1. The molecule has 4 heteroatoms. The Bertz CT molecular complexity index is 1450. The van der Waals surface area contributed by atoms with Crippen molar-refractivity contribution in [3.63, 3.8) is 0 Å². The number of aryl methyl sites for hydroxylation is 1. The lowest BCUT2D eigenvalue weighted by molar-refractivity contribution is 0.102. The van der Waals surface area contributed by atoms with Crippen LogP contribution in [-0.4, -0.2) is 10.5 Å². The number of carbonyl (C=O) groups excluding carboxylic acids is 1. The summed E-state index contributed by atoms with van der Waals surface area (Å²) in [5.41, 5.74) is 6.02. The first-order chi connectivity index (χ1) is 16.6. The second-order valence-electron chi connectivity index (χ2n) is 8.38. The van der Waals surface area contributed by atoms with E-state index in [2.05, 4.69) is 48.0 Å². The lowest BCUT2D eigenvalue weighted by Gasteiger charge is -2.12. The van der Waals surface area contributed by atoms with Gasteiger partial charge in [-0.2, -0.15) is 0 Å². The van der Waals surface area contributed by atoms with Gasteiger partial charge < -0.3 is 14.6 Å². The third kappa shape index (κ3) is 4.30. The highest BCUT2D eigenvalue weighted by atomic mass is 16.5. The summed E-state index contributed by atoms with van der Waals surface area (Å²) in [4.78, 5) is 13.2. The Morgan fingerprint density at radius 3 is 2.26 bits per heavy atom. The SMILES string of the molecule is Cc1c(C)n(Cc2ccccc2)c2ccc(C(=O)Nc3ccccc3Oc3ccccc3)cc12. The van der Waals surface area contributed by atoms with Crippen LogP contribution in [-0.2, 0) is 6.54 Å². The van der Waals surface area contributed by atoms with E-state index < -0.39 is 0 Å². The van der Waals surface area contributed by atoms with Gasteiger partial charge in [0.2, 0.25) is 0 Å². The number of nitrogens with one attached hydrogen (secondary N) is 1. The molecule has 0 atom stereocenters. The van der Waals surface area contributed by atoms with Gasteiger partial charge in [-0.1, -0.05) is 60.7 Å². The summed E-state index contributed by atoms with van der Waals surface area (Å²) in [6.07, 6.45) is 0. The van der Waals surface area contributed by atoms with Crippen LogP contribution < -0.4 is 10.1 Å². The molecule has 0 unspecified atom stereocenters. The van der Waals surface area contributed by atoms with Crippen molar-refractivity contribution in [1.29, 1.82) is 0 Å². The van der Waals surface area contributed by atoms with Crippen molar-refractivity contribution in [3.8, 4) is 11.5 Å². The van der Waals surface area contributed by atoms with Crippen LogP contribution >= 0.6 is 0 Å². The summed E-state index contributed by atoms with van der Waals surface area (Å²) >= 11 is 0. The van der Waals surface area contributed by atoms with E-state index in [-0.39, 0.29) is 5.91 Å². The highest BCUT2D eigenvalue weighted by Crippen LogP contribution is 2.31. The van der Waals surface area contributed by atoms with Crippen LogP contribution in [0.3, 0.4) is 0 Å². The number of ether oxygens (including phenoxy) is 1. The van der Waals surface area contributed by atoms with Crippen molar-refractivity contribution >= 4 is 22.5 Å². The average molecular weight is 447 g/mol. The molecule has 0 aliphatic carbocycles. The number of anilines is 1. The van der Waals surface area contributed by atoms with E-state index in [1.165, 1.54) is 16.8 Å². The summed E-state index contributed by atoms with van der Waals surface area (Å²) in [5.74, 6) is 1.15. The zero-order chi connectivity index (χ0) is 23.5. The molecule has 0 radical (unpaired) electrons. The third-order valence-electron chi connectivity index (χ3n) is 6.19. The Morgan fingerprint density at radius 2 is 1.50 bits per heavy atom. The Balaban J connectivity index is 1.42. The third-order valence-corrected chi connectivity index (χ3v) is 6.19. The normalized spacial score (nSPS) is 10.9. The minimum absolute atomic E-state index is 0.168. The second kappa shape index (κ2) is 9.28. The van der Waals surface area contributed by atoms with Crippen LogP contribution in [0.4, 0.5) is 5.69 Å². The second-order valence-corrected chi connectivity index (χ2v) is 8.38. The number of hydrogen-bond donors (Lipinski definition) is 1. The number of nitrogens with zero attached hydrogens (tertiary/aromatic N) is 1. The van der Waals surface area contributed by atoms with E-state index in [0.717, 1.165) is 23.2 Å². The highest BCUT2D eigenvalue weighted by Gasteiger charge is 2.15. The molecule has 1 aromatic heterocycles. The summed E-state index contributed by atoms with van der Waals surface area (Å²) in [5, 5.41) is 4.11. The molecule has 0 bridgehead atoms. The zero-order valence-corrected chi connectivity index (χ0v) is 19.3. The van der Waals surface area contributed by atoms with Crippen molar-refractivity contribution in [3.05, 3.63) is 126 Å². The molecular weight excluding hydrogens is 420 g/mol. The van der Waals surface area contributed by atoms with E-state index in [0.29, 0.717) is 17.0 Å². The maximum atomic E-state index is 13.2. The number of hydrogen-bond acceptors (Lipinski definition) is 2. The molecule has 0 aliphatic rings. The Kier molecular flexibility index (Phi) is 5.88. The van der Waals surface area contributed by atoms with Crippen LogP contribution in [0.25, 0.3) is 10.9 Å². The molecule has 0 spiro atoms. The van der Waals surface area contributed by atoms with Gasteiger partial charge in [-0.25, -0.2) is 0 Å². The molecule has 0 aliphatic heterocycles. The average Bonchev–Trinajstić information content (AvgIpc) is 3.11. The first kappa shape index (κ1) is 21.5.